The van der Waals surface area contributed by atoms with Gasteiger partial charge in [0.25, 0.3) is 0 Å². The summed E-state index contributed by atoms with van der Waals surface area (Å²) in [7, 11) is -3.08. The molecular weight excluding hydrogens is 444 g/mol. The Labute approximate surface area is 204 Å². The van der Waals surface area contributed by atoms with Crippen molar-refractivity contribution in [3.63, 3.8) is 0 Å². The van der Waals surface area contributed by atoms with E-state index in [0.29, 0.717) is 12.2 Å². The van der Waals surface area contributed by atoms with Gasteiger partial charge in [-0.05, 0) is 86.6 Å². The third-order valence-corrected chi connectivity index (χ3v) is 13.3. The summed E-state index contributed by atoms with van der Waals surface area (Å²) in [5, 5.41) is 0.138. The molecule has 3 rings (SSSR count). The zero-order chi connectivity index (χ0) is 24.6. The minimum atomic E-state index is -1.94. The van der Waals surface area contributed by atoms with Crippen LogP contribution in [0.25, 0.3) is 0 Å². The van der Waals surface area contributed by atoms with Crippen molar-refractivity contribution in [1.82, 2.24) is 0 Å². The molecule has 0 bridgehead atoms. The molecule has 0 aliphatic carbocycles. The predicted octanol–water partition coefficient (Wildman–Crippen LogP) is 7.44. The van der Waals surface area contributed by atoms with Crippen LogP contribution in [0.15, 0.2) is 47.9 Å². The Bertz CT molecular complexity index is 1050. The maximum absolute atomic E-state index is 13.3. The molecule has 2 atom stereocenters. The molecule has 0 unspecified atom stereocenters. The van der Waals surface area contributed by atoms with Crippen molar-refractivity contribution in [2.75, 3.05) is 5.75 Å². The van der Waals surface area contributed by atoms with Gasteiger partial charge in [0, 0.05) is 11.3 Å². The van der Waals surface area contributed by atoms with Gasteiger partial charge in [-0.15, -0.1) is 6.58 Å². The van der Waals surface area contributed by atoms with E-state index in [9.17, 15) is 4.21 Å². The Morgan fingerprint density at radius 1 is 1.15 bits per heavy atom. The molecule has 0 N–H and O–H groups in total. The molecule has 0 fully saturated rings. The lowest BCUT2D eigenvalue weighted by molar-refractivity contribution is 0.0710. The molecule has 1 aliphatic rings. The van der Waals surface area contributed by atoms with E-state index in [-0.39, 0.29) is 5.04 Å². The highest BCUT2D eigenvalue weighted by atomic mass is 32.2. The summed E-state index contributed by atoms with van der Waals surface area (Å²) < 4.78 is 26.7. The Kier molecular flexibility index (Phi) is 7.35. The number of fused-ring (bicyclic) bond motifs is 1. The van der Waals surface area contributed by atoms with Crippen molar-refractivity contribution in [3.05, 3.63) is 65.2 Å². The number of ether oxygens (including phenoxy) is 1. The van der Waals surface area contributed by atoms with E-state index in [1.54, 1.807) is 0 Å². The van der Waals surface area contributed by atoms with Crippen molar-refractivity contribution in [3.8, 4) is 11.5 Å². The second-order valence-corrected chi connectivity index (χ2v) is 17.2. The van der Waals surface area contributed by atoms with Crippen LogP contribution in [0.3, 0.4) is 0 Å². The number of rotatable bonds is 7. The number of aryl methyl sites for hydroxylation is 2. The van der Waals surface area contributed by atoms with E-state index >= 15 is 0 Å². The SMILES string of the molecule is C=CC[C@@]1(C[S@](=O)c2ccc(C)cc2)CCc2cc(O[Si](C)(C)C(C)(C)C)c(C)c(C)c2O1. The monoisotopic (exact) mass is 484 g/mol. The van der Waals surface area contributed by atoms with Crippen LogP contribution in [0.1, 0.15) is 55.9 Å². The summed E-state index contributed by atoms with van der Waals surface area (Å²) in [6.07, 6.45) is 4.26. The van der Waals surface area contributed by atoms with Gasteiger partial charge in [-0.2, -0.15) is 0 Å². The van der Waals surface area contributed by atoms with Crippen LogP contribution < -0.4 is 9.16 Å². The van der Waals surface area contributed by atoms with E-state index in [1.807, 2.05) is 37.3 Å². The first-order valence-electron chi connectivity index (χ1n) is 11.9. The maximum Gasteiger partial charge on any atom is 0.250 e. The molecular formula is C28H40O3SSi. The van der Waals surface area contributed by atoms with E-state index in [0.717, 1.165) is 40.4 Å². The van der Waals surface area contributed by atoms with Crippen LogP contribution in [-0.4, -0.2) is 23.9 Å². The van der Waals surface area contributed by atoms with E-state index < -0.39 is 24.7 Å². The Morgan fingerprint density at radius 3 is 2.36 bits per heavy atom. The van der Waals surface area contributed by atoms with Crippen LogP contribution in [0.4, 0.5) is 0 Å². The maximum atomic E-state index is 13.3. The molecule has 0 amide bonds. The van der Waals surface area contributed by atoms with Gasteiger partial charge in [0.15, 0.2) is 0 Å². The summed E-state index contributed by atoms with van der Waals surface area (Å²) in [5.41, 5.74) is 4.10. The predicted molar refractivity (Wildman–Crippen MR) is 143 cm³/mol. The Morgan fingerprint density at radius 2 is 1.79 bits per heavy atom. The third-order valence-electron chi connectivity index (χ3n) is 7.40. The number of hydrogen-bond acceptors (Lipinski definition) is 3. The molecule has 0 saturated heterocycles. The minimum absolute atomic E-state index is 0.138. The Hall–Kier alpha value is -1.85. The van der Waals surface area contributed by atoms with Crippen LogP contribution >= 0.6 is 0 Å². The first-order chi connectivity index (χ1) is 15.3. The van der Waals surface area contributed by atoms with Gasteiger partial charge in [0.2, 0.25) is 8.32 Å². The summed E-state index contributed by atoms with van der Waals surface area (Å²) in [4.78, 5) is 0.851. The van der Waals surface area contributed by atoms with Crippen molar-refractivity contribution in [1.29, 1.82) is 0 Å². The lowest BCUT2D eigenvalue weighted by Crippen LogP contribution is -2.45. The summed E-state index contributed by atoms with van der Waals surface area (Å²) in [5.74, 6) is 2.38. The quantitative estimate of drug-likeness (QED) is 0.302. The zero-order valence-corrected chi connectivity index (χ0v) is 23.4. The summed E-state index contributed by atoms with van der Waals surface area (Å²) in [6.45, 7) is 21.6. The van der Waals surface area contributed by atoms with Gasteiger partial charge in [-0.25, -0.2) is 0 Å². The second-order valence-electron chi connectivity index (χ2n) is 11.1. The van der Waals surface area contributed by atoms with E-state index in [4.69, 9.17) is 9.16 Å². The summed E-state index contributed by atoms with van der Waals surface area (Å²) in [6, 6.07) is 10.1. The largest absolute Gasteiger partial charge is 0.543 e. The molecule has 2 aromatic carbocycles. The highest BCUT2D eigenvalue weighted by Crippen LogP contribution is 2.45. The molecule has 3 nitrogen and oxygen atoms in total. The topological polar surface area (TPSA) is 35.5 Å². The van der Waals surface area contributed by atoms with E-state index in [1.165, 1.54) is 11.1 Å². The standard InChI is InChI=1S/C28H40O3SSi/c1-10-16-28(19-32(29)24-13-11-20(2)12-14-24)17-15-23-18-25(21(3)22(4)26(23)30-28)31-33(8,9)27(5,6)7/h10-14,18H,1,15-17,19H2,2-9H3/t28-,32-/m0/s1. The molecule has 0 radical (unpaired) electrons. The molecule has 5 heteroatoms. The highest BCUT2D eigenvalue weighted by Gasteiger charge is 2.41. The molecule has 0 saturated carbocycles. The second kappa shape index (κ2) is 9.42. The van der Waals surface area contributed by atoms with Gasteiger partial charge in [-0.1, -0.05) is 44.5 Å². The zero-order valence-electron chi connectivity index (χ0n) is 21.6. The van der Waals surface area contributed by atoms with Gasteiger partial charge >= 0.3 is 0 Å². The average molecular weight is 485 g/mol. The average Bonchev–Trinajstić information content (AvgIpc) is 2.72. The lowest BCUT2D eigenvalue weighted by atomic mass is 9.88. The fourth-order valence-corrected chi connectivity index (χ4v) is 6.47. The highest BCUT2D eigenvalue weighted by molar-refractivity contribution is 7.85. The smallest absolute Gasteiger partial charge is 0.250 e. The first kappa shape index (κ1) is 25.8. The van der Waals surface area contributed by atoms with Crippen molar-refractivity contribution in [2.24, 2.45) is 0 Å². The van der Waals surface area contributed by atoms with Crippen LogP contribution in [0.2, 0.25) is 18.1 Å². The minimum Gasteiger partial charge on any atom is -0.543 e. The van der Waals surface area contributed by atoms with E-state index in [2.05, 4.69) is 60.4 Å². The summed E-state index contributed by atoms with van der Waals surface area (Å²) >= 11 is 0. The number of hydrogen-bond donors (Lipinski definition) is 0. The molecule has 1 aliphatic heterocycles. The normalized spacial score (nSPS) is 19.4. The van der Waals surface area contributed by atoms with Crippen molar-refractivity contribution in [2.45, 2.75) is 89.4 Å². The molecule has 2 aromatic rings. The van der Waals surface area contributed by atoms with Crippen molar-refractivity contribution < 1.29 is 13.4 Å². The fraction of sp³-hybridized carbons (Fsp3) is 0.500. The fourth-order valence-electron chi connectivity index (χ4n) is 4.00. The van der Waals surface area contributed by atoms with Gasteiger partial charge in [0.1, 0.15) is 17.1 Å². The first-order valence-corrected chi connectivity index (χ1v) is 16.1. The van der Waals surface area contributed by atoms with Gasteiger partial charge in [0.05, 0.1) is 16.6 Å². The van der Waals surface area contributed by atoms with Crippen molar-refractivity contribution >= 4 is 19.1 Å². The van der Waals surface area contributed by atoms with Crippen LogP contribution in [0, 0.1) is 20.8 Å². The molecule has 0 aromatic heterocycles. The van der Waals surface area contributed by atoms with Crippen LogP contribution in [0.5, 0.6) is 11.5 Å². The number of benzene rings is 2. The Balaban J connectivity index is 1.92. The van der Waals surface area contributed by atoms with Gasteiger partial charge < -0.3 is 9.16 Å². The molecule has 180 valence electrons. The molecule has 1 heterocycles. The molecule has 33 heavy (non-hydrogen) atoms. The lowest BCUT2D eigenvalue weighted by Gasteiger charge is -2.40. The van der Waals surface area contributed by atoms with Gasteiger partial charge in [-0.3, -0.25) is 4.21 Å². The van der Waals surface area contributed by atoms with Crippen LogP contribution in [-0.2, 0) is 17.2 Å². The molecule has 0 spiro atoms. The third kappa shape index (κ3) is 5.46.